The molecule has 34 heavy (non-hydrogen) atoms. The molecule has 1 saturated heterocycles. The summed E-state index contributed by atoms with van der Waals surface area (Å²) in [5.41, 5.74) is -0.137. The Labute approximate surface area is 195 Å². The number of hydrogen-bond donors (Lipinski definition) is 3. The zero-order valence-corrected chi connectivity index (χ0v) is 18.9. The van der Waals surface area contributed by atoms with Crippen molar-refractivity contribution in [3.05, 3.63) is 77.1 Å². The third-order valence-electron chi connectivity index (χ3n) is 5.96. The predicted octanol–water partition coefficient (Wildman–Crippen LogP) is 3.12. The Bertz CT molecular complexity index is 1210. The van der Waals surface area contributed by atoms with Gasteiger partial charge in [0.2, 0.25) is 0 Å². The smallest absolute Gasteiger partial charge is 0.256 e. The van der Waals surface area contributed by atoms with Crippen LogP contribution in [0.4, 0.5) is 24.5 Å². The number of aromatic nitrogens is 2. The largest absolute Gasteiger partial charge is 0.385 e. The van der Waals surface area contributed by atoms with Crippen LogP contribution in [0.15, 0.2) is 42.9 Å². The minimum absolute atomic E-state index is 0.0161. The van der Waals surface area contributed by atoms with E-state index in [1.807, 2.05) is 18.5 Å². The van der Waals surface area contributed by atoms with E-state index in [-0.39, 0.29) is 30.9 Å². The zero-order chi connectivity index (χ0) is 24.5. The van der Waals surface area contributed by atoms with Crippen molar-refractivity contribution in [3.63, 3.8) is 0 Å². The van der Waals surface area contributed by atoms with Crippen molar-refractivity contribution in [1.82, 2.24) is 19.8 Å². The summed E-state index contributed by atoms with van der Waals surface area (Å²) >= 11 is 0. The lowest BCUT2D eigenvalue weighted by Gasteiger charge is -2.46. The quantitative estimate of drug-likeness (QED) is 0.468. The van der Waals surface area contributed by atoms with Gasteiger partial charge in [0.15, 0.2) is 11.6 Å². The molecule has 2 aromatic carbocycles. The number of aryl methyl sites for hydroxylation is 2. The molecule has 0 spiro atoms. The van der Waals surface area contributed by atoms with Crippen LogP contribution in [-0.4, -0.2) is 50.7 Å². The lowest BCUT2D eigenvalue weighted by molar-refractivity contribution is -0.0787. The summed E-state index contributed by atoms with van der Waals surface area (Å²) in [6, 6.07) is 6.39. The minimum atomic E-state index is -1.28. The molecule has 180 valence electrons. The molecule has 10 heteroatoms. The Kier molecular flexibility index (Phi) is 6.63. The van der Waals surface area contributed by atoms with Crippen molar-refractivity contribution in [2.45, 2.75) is 25.5 Å². The van der Waals surface area contributed by atoms with Gasteiger partial charge in [-0.3, -0.25) is 4.79 Å². The molecule has 4 rings (SSSR count). The van der Waals surface area contributed by atoms with Crippen LogP contribution >= 0.6 is 0 Å². The number of imidazole rings is 1. The molecule has 0 aliphatic carbocycles. The average molecular weight is 473 g/mol. The van der Waals surface area contributed by atoms with Gasteiger partial charge in [-0.15, -0.1) is 0 Å². The second-order valence-electron chi connectivity index (χ2n) is 8.56. The molecule has 0 atom stereocenters. The van der Waals surface area contributed by atoms with Gasteiger partial charge < -0.3 is 25.2 Å². The number of hydrogen-bond acceptors (Lipinski definition) is 5. The summed E-state index contributed by atoms with van der Waals surface area (Å²) in [4.78, 5) is 18.4. The van der Waals surface area contributed by atoms with Crippen LogP contribution < -0.4 is 10.6 Å². The SMILES string of the molecule is CCc1ccc(Nc2c(C(=O)N3CC(O)(CNCc4cncn4C)C3)ccc(F)c2F)c(F)c1. The maximum Gasteiger partial charge on any atom is 0.256 e. The van der Waals surface area contributed by atoms with Gasteiger partial charge in [-0.25, -0.2) is 18.2 Å². The Balaban J connectivity index is 1.45. The van der Waals surface area contributed by atoms with E-state index in [1.165, 1.54) is 17.0 Å². The number of halogens is 3. The third-order valence-corrected chi connectivity index (χ3v) is 5.96. The van der Waals surface area contributed by atoms with Crippen LogP contribution in [0, 0.1) is 17.5 Å². The lowest BCUT2D eigenvalue weighted by Crippen LogP contribution is -2.67. The Morgan fingerprint density at radius 1 is 1.18 bits per heavy atom. The fourth-order valence-corrected chi connectivity index (χ4v) is 3.93. The summed E-state index contributed by atoms with van der Waals surface area (Å²) in [5, 5.41) is 16.4. The van der Waals surface area contributed by atoms with E-state index < -0.39 is 34.6 Å². The van der Waals surface area contributed by atoms with Gasteiger partial charge in [-0.05, 0) is 36.2 Å². The summed E-state index contributed by atoms with van der Waals surface area (Å²) in [7, 11) is 1.86. The maximum absolute atomic E-state index is 14.7. The number of benzene rings is 2. The molecule has 2 heterocycles. The molecule has 0 radical (unpaired) electrons. The van der Waals surface area contributed by atoms with E-state index in [9.17, 15) is 23.1 Å². The van der Waals surface area contributed by atoms with Gasteiger partial charge in [0, 0.05) is 26.3 Å². The second-order valence-corrected chi connectivity index (χ2v) is 8.56. The van der Waals surface area contributed by atoms with E-state index in [0.717, 1.165) is 23.4 Å². The maximum atomic E-state index is 14.7. The summed E-state index contributed by atoms with van der Waals surface area (Å²) in [6.07, 6.45) is 4.00. The summed E-state index contributed by atoms with van der Waals surface area (Å²) in [6.45, 7) is 2.63. The van der Waals surface area contributed by atoms with E-state index in [4.69, 9.17) is 0 Å². The number of β-amino-alcohol motifs (C(OH)–C–C–N with tert-alkyl or cyclic N) is 1. The Hall–Kier alpha value is -3.37. The van der Waals surface area contributed by atoms with Crippen LogP contribution in [0.3, 0.4) is 0 Å². The van der Waals surface area contributed by atoms with Crippen LogP contribution in [0.2, 0.25) is 0 Å². The molecule has 1 aliphatic heterocycles. The minimum Gasteiger partial charge on any atom is -0.385 e. The van der Waals surface area contributed by atoms with Crippen molar-refractivity contribution >= 4 is 17.3 Å². The molecule has 1 aromatic heterocycles. The topological polar surface area (TPSA) is 82.4 Å². The van der Waals surface area contributed by atoms with Crippen LogP contribution in [-0.2, 0) is 20.0 Å². The van der Waals surface area contributed by atoms with Gasteiger partial charge >= 0.3 is 0 Å². The predicted molar refractivity (Wildman–Crippen MR) is 121 cm³/mol. The summed E-state index contributed by atoms with van der Waals surface area (Å²) in [5.74, 6) is -3.68. The van der Waals surface area contributed by atoms with Crippen LogP contribution in [0.1, 0.15) is 28.5 Å². The number of likely N-dealkylation sites (tertiary alicyclic amines) is 1. The molecule has 1 aliphatic rings. The second kappa shape index (κ2) is 9.47. The first-order chi connectivity index (χ1) is 16.2. The van der Waals surface area contributed by atoms with E-state index in [2.05, 4.69) is 15.6 Å². The Morgan fingerprint density at radius 3 is 2.59 bits per heavy atom. The first-order valence-corrected chi connectivity index (χ1v) is 10.9. The first-order valence-electron chi connectivity index (χ1n) is 10.9. The van der Waals surface area contributed by atoms with Gasteiger partial charge in [0.1, 0.15) is 11.4 Å². The molecule has 0 bridgehead atoms. The molecule has 1 amide bonds. The number of nitrogens with zero attached hydrogens (tertiary/aromatic N) is 3. The standard InChI is InChI=1S/C24H26F3N5O2/c1-3-15-4-7-20(19(26)8-15)30-22-17(5-6-18(25)21(22)27)23(33)32-12-24(34,13-32)11-28-9-16-10-29-14-31(16)2/h4-8,10,14,28,30,34H,3,9,11-13H2,1-2H3. The van der Waals surface area contributed by atoms with Gasteiger partial charge in [0.05, 0.1) is 42.0 Å². The number of rotatable bonds is 8. The number of carbonyl (C=O) groups excluding carboxylic acids is 1. The molecular weight excluding hydrogens is 447 g/mol. The van der Waals surface area contributed by atoms with Crippen molar-refractivity contribution in [1.29, 1.82) is 0 Å². The lowest BCUT2D eigenvalue weighted by atomic mass is 9.92. The highest BCUT2D eigenvalue weighted by atomic mass is 19.2. The van der Waals surface area contributed by atoms with Crippen molar-refractivity contribution in [3.8, 4) is 0 Å². The highest BCUT2D eigenvalue weighted by Gasteiger charge is 2.44. The number of nitrogens with one attached hydrogen (secondary N) is 2. The van der Waals surface area contributed by atoms with Crippen molar-refractivity contribution in [2.24, 2.45) is 7.05 Å². The molecule has 0 unspecified atom stereocenters. The monoisotopic (exact) mass is 473 g/mol. The molecular formula is C24H26F3N5O2. The van der Waals surface area contributed by atoms with Gasteiger partial charge in [-0.1, -0.05) is 13.0 Å². The molecule has 3 N–H and O–H groups in total. The van der Waals surface area contributed by atoms with Crippen LogP contribution in [0.25, 0.3) is 0 Å². The fraction of sp³-hybridized carbons (Fsp3) is 0.333. The van der Waals surface area contributed by atoms with Gasteiger partial charge in [0.25, 0.3) is 5.91 Å². The molecule has 0 saturated carbocycles. The van der Waals surface area contributed by atoms with E-state index in [0.29, 0.717) is 13.0 Å². The van der Waals surface area contributed by atoms with Crippen molar-refractivity contribution < 1.29 is 23.1 Å². The zero-order valence-electron chi connectivity index (χ0n) is 18.9. The highest BCUT2D eigenvalue weighted by molar-refractivity contribution is 6.01. The van der Waals surface area contributed by atoms with Crippen LogP contribution in [0.5, 0.6) is 0 Å². The van der Waals surface area contributed by atoms with Crippen molar-refractivity contribution in [2.75, 3.05) is 25.0 Å². The normalized spacial score (nSPS) is 14.7. The third kappa shape index (κ3) is 4.78. The Morgan fingerprint density at radius 2 is 1.94 bits per heavy atom. The highest BCUT2D eigenvalue weighted by Crippen LogP contribution is 2.31. The molecule has 3 aromatic rings. The number of carbonyl (C=O) groups is 1. The van der Waals surface area contributed by atoms with E-state index >= 15 is 0 Å². The molecule has 7 nitrogen and oxygen atoms in total. The van der Waals surface area contributed by atoms with Gasteiger partial charge in [-0.2, -0.15) is 0 Å². The number of aliphatic hydroxyl groups is 1. The average Bonchev–Trinajstić information content (AvgIpc) is 3.20. The first kappa shape index (κ1) is 23.8. The number of amides is 1. The van der Waals surface area contributed by atoms with E-state index in [1.54, 1.807) is 18.6 Å². The molecule has 1 fully saturated rings. The summed E-state index contributed by atoms with van der Waals surface area (Å²) < 4.78 is 44.9. The fourth-order valence-electron chi connectivity index (χ4n) is 3.93. The number of anilines is 2.